The normalized spacial score (nSPS) is 27.7. The highest BCUT2D eigenvalue weighted by molar-refractivity contribution is 5.04. The van der Waals surface area contributed by atoms with Crippen LogP contribution in [-0.4, -0.2) is 5.60 Å². The van der Waals surface area contributed by atoms with Crippen LogP contribution in [-0.2, 0) is 4.74 Å². The molecule has 0 saturated carbocycles. The first-order chi connectivity index (χ1) is 5.67. The van der Waals surface area contributed by atoms with Crippen LogP contribution in [0.1, 0.15) is 38.6 Å². The molecule has 0 aliphatic carbocycles. The summed E-state index contributed by atoms with van der Waals surface area (Å²) >= 11 is 0. The maximum absolute atomic E-state index is 5.80. The van der Waals surface area contributed by atoms with Crippen molar-refractivity contribution in [1.82, 2.24) is 0 Å². The van der Waals surface area contributed by atoms with Crippen LogP contribution in [0.5, 0.6) is 0 Å². The van der Waals surface area contributed by atoms with Crippen molar-refractivity contribution in [3.63, 3.8) is 0 Å². The Balaban J connectivity index is 2.10. The number of rotatable bonds is 1. The third-order valence-electron chi connectivity index (χ3n) is 2.33. The molecule has 1 aromatic heterocycles. The Hall–Kier alpha value is -0.760. The molecule has 0 N–H and O–H groups in total. The van der Waals surface area contributed by atoms with Gasteiger partial charge in [0, 0.05) is 0 Å². The van der Waals surface area contributed by atoms with Gasteiger partial charge < -0.3 is 9.15 Å². The second-order valence-corrected chi connectivity index (χ2v) is 3.92. The topological polar surface area (TPSA) is 22.4 Å². The zero-order valence-corrected chi connectivity index (χ0v) is 7.54. The van der Waals surface area contributed by atoms with Gasteiger partial charge in [0.1, 0.15) is 11.9 Å². The molecule has 66 valence electrons. The van der Waals surface area contributed by atoms with Gasteiger partial charge in [-0.3, -0.25) is 0 Å². The third kappa shape index (κ3) is 1.39. The van der Waals surface area contributed by atoms with Crippen molar-refractivity contribution >= 4 is 0 Å². The molecule has 0 radical (unpaired) electrons. The first-order valence-electron chi connectivity index (χ1n) is 4.39. The van der Waals surface area contributed by atoms with Gasteiger partial charge in [-0.05, 0) is 38.8 Å². The van der Waals surface area contributed by atoms with Crippen LogP contribution in [0.4, 0.5) is 0 Å². The first kappa shape index (κ1) is 7.87. The molecule has 1 unspecified atom stereocenters. The van der Waals surface area contributed by atoms with Gasteiger partial charge in [0.2, 0.25) is 0 Å². The maximum Gasteiger partial charge on any atom is 0.132 e. The van der Waals surface area contributed by atoms with Crippen LogP contribution in [0.15, 0.2) is 22.8 Å². The fourth-order valence-corrected chi connectivity index (χ4v) is 1.66. The van der Waals surface area contributed by atoms with E-state index in [9.17, 15) is 0 Å². The standard InChI is InChI=1S/C10H14O2/c1-10(2)6-5-9(12-10)8-4-3-7-11-8/h3-4,7,9H,5-6H2,1-2H3. The smallest absolute Gasteiger partial charge is 0.132 e. The third-order valence-corrected chi connectivity index (χ3v) is 2.33. The Labute approximate surface area is 72.5 Å². The molecule has 2 heteroatoms. The van der Waals surface area contributed by atoms with Gasteiger partial charge in [0.05, 0.1) is 11.9 Å². The Morgan fingerprint density at radius 2 is 2.33 bits per heavy atom. The van der Waals surface area contributed by atoms with Crippen LogP contribution >= 0.6 is 0 Å². The molecule has 0 amide bonds. The lowest BCUT2D eigenvalue weighted by Crippen LogP contribution is -2.17. The van der Waals surface area contributed by atoms with Gasteiger partial charge in [-0.1, -0.05) is 0 Å². The average molecular weight is 166 g/mol. The minimum Gasteiger partial charge on any atom is -0.467 e. The molecule has 0 spiro atoms. The van der Waals surface area contributed by atoms with Crippen molar-refractivity contribution in [2.75, 3.05) is 0 Å². The molecule has 1 saturated heterocycles. The van der Waals surface area contributed by atoms with Crippen molar-refractivity contribution in [3.05, 3.63) is 24.2 Å². The summed E-state index contributed by atoms with van der Waals surface area (Å²) in [5, 5.41) is 0. The molecule has 1 aliphatic heterocycles. The SMILES string of the molecule is CC1(C)CCC(c2ccco2)O1. The molecule has 0 aromatic carbocycles. The Bertz CT molecular complexity index is 249. The zero-order valence-electron chi connectivity index (χ0n) is 7.54. The lowest BCUT2D eigenvalue weighted by Gasteiger charge is -2.17. The van der Waals surface area contributed by atoms with Crippen molar-refractivity contribution in [2.45, 2.75) is 38.4 Å². The lowest BCUT2D eigenvalue weighted by molar-refractivity contribution is -0.0249. The monoisotopic (exact) mass is 166 g/mol. The predicted molar refractivity (Wildman–Crippen MR) is 45.8 cm³/mol. The van der Waals surface area contributed by atoms with Crippen molar-refractivity contribution in [1.29, 1.82) is 0 Å². The maximum atomic E-state index is 5.80. The Kier molecular flexibility index (Phi) is 1.72. The van der Waals surface area contributed by atoms with E-state index in [1.165, 1.54) is 0 Å². The highest BCUT2D eigenvalue weighted by atomic mass is 16.5. The molecular weight excluding hydrogens is 152 g/mol. The number of furan rings is 1. The summed E-state index contributed by atoms with van der Waals surface area (Å²) in [5.41, 5.74) is 0.0253. The summed E-state index contributed by atoms with van der Waals surface area (Å²) in [6, 6.07) is 3.88. The summed E-state index contributed by atoms with van der Waals surface area (Å²) in [6.45, 7) is 4.24. The van der Waals surface area contributed by atoms with Crippen LogP contribution in [0.2, 0.25) is 0 Å². The number of hydrogen-bond acceptors (Lipinski definition) is 2. The van der Waals surface area contributed by atoms with Crippen molar-refractivity contribution in [2.24, 2.45) is 0 Å². The summed E-state index contributed by atoms with van der Waals surface area (Å²) in [4.78, 5) is 0. The first-order valence-corrected chi connectivity index (χ1v) is 4.39. The van der Waals surface area contributed by atoms with E-state index >= 15 is 0 Å². The summed E-state index contributed by atoms with van der Waals surface area (Å²) in [7, 11) is 0. The largest absolute Gasteiger partial charge is 0.467 e. The van der Waals surface area contributed by atoms with E-state index in [1.54, 1.807) is 6.26 Å². The molecule has 2 rings (SSSR count). The fourth-order valence-electron chi connectivity index (χ4n) is 1.66. The lowest BCUT2D eigenvalue weighted by atomic mass is 10.1. The summed E-state index contributed by atoms with van der Waals surface area (Å²) in [6.07, 6.45) is 4.05. The second kappa shape index (κ2) is 2.63. The van der Waals surface area contributed by atoms with Crippen molar-refractivity contribution < 1.29 is 9.15 Å². The molecule has 1 aromatic rings. The Morgan fingerprint density at radius 1 is 1.50 bits per heavy atom. The highest BCUT2D eigenvalue weighted by Gasteiger charge is 2.33. The minimum absolute atomic E-state index is 0.0253. The molecular formula is C10H14O2. The number of hydrogen-bond donors (Lipinski definition) is 0. The highest BCUT2D eigenvalue weighted by Crippen LogP contribution is 2.38. The van der Waals surface area contributed by atoms with E-state index in [2.05, 4.69) is 13.8 Å². The van der Waals surface area contributed by atoms with Crippen LogP contribution in [0, 0.1) is 0 Å². The van der Waals surface area contributed by atoms with E-state index in [1.807, 2.05) is 12.1 Å². The molecule has 2 nitrogen and oxygen atoms in total. The predicted octanol–water partition coefficient (Wildman–Crippen LogP) is 2.91. The zero-order chi connectivity index (χ0) is 8.60. The van der Waals surface area contributed by atoms with E-state index in [-0.39, 0.29) is 11.7 Å². The molecule has 0 bridgehead atoms. The van der Waals surface area contributed by atoms with Gasteiger partial charge in [-0.15, -0.1) is 0 Å². The Morgan fingerprint density at radius 3 is 2.83 bits per heavy atom. The van der Waals surface area contributed by atoms with Gasteiger partial charge in [-0.25, -0.2) is 0 Å². The van der Waals surface area contributed by atoms with Crippen LogP contribution in [0.25, 0.3) is 0 Å². The van der Waals surface area contributed by atoms with Gasteiger partial charge in [0.25, 0.3) is 0 Å². The minimum atomic E-state index is 0.0253. The van der Waals surface area contributed by atoms with Crippen molar-refractivity contribution in [3.8, 4) is 0 Å². The van der Waals surface area contributed by atoms with E-state index < -0.39 is 0 Å². The van der Waals surface area contributed by atoms with Crippen LogP contribution < -0.4 is 0 Å². The molecule has 1 atom stereocenters. The summed E-state index contributed by atoms with van der Waals surface area (Å²) < 4.78 is 11.1. The van der Waals surface area contributed by atoms with E-state index in [0.29, 0.717) is 0 Å². The molecule has 1 aliphatic rings. The quantitative estimate of drug-likeness (QED) is 0.640. The average Bonchev–Trinajstić information content (AvgIpc) is 2.55. The second-order valence-electron chi connectivity index (χ2n) is 3.92. The number of ether oxygens (including phenoxy) is 1. The van der Waals surface area contributed by atoms with Gasteiger partial charge in [-0.2, -0.15) is 0 Å². The molecule has 12 heavy (non-hydrogen) atoms. The summed E-state index contributed by atoms with van der Waals surface area (Å²) in [5.74, 6) is 0.959. The van der Waals surface area contributed by atoms with E-state index in [0.717, 1.165) is 18.6 Å². The van der Waals surface area contributed by atoms with E-state index in [4.69, 9.17) is 9.15 Å². The molecule has 2 heterocycles. The fraction of sp³-hybridized carbons (Fsp3) is 0.600. The van der Waals surface area contributed by atoms with Gasteiger partial charge >= 0.3 is 0 Å². The molecule has 1 fully saturated rings. The van der Waals surface area contributed by atoms with Gasteiger partial charge in [0.15, 0.2) is 0 Å². The van der Waals surface area contributed by atoms with Crippen LogP contribution in [0.3, 0.4) is 0 Å².